The summed E-state index contributed by atoms with van der Waals surface area (Å²) in [6.45, 7) is 0.545. The lowest BCUT2D eigenvalue weighted by Gasteiger charge is -2.06. The Bertz CT molecular complexity index is 587. The quantitative estimate of drug-likeness (QED) is 0.911. The molecule has 19 heavy (non-hydrogen) atoms. The summed E-state index contributed by atoms with van der Waals surface area (Å²) in [7, 11) is 1.77. The monoisotopic (exact) mass is 283 g/mol. The van der Waals surface area contributed by atoms with Gasteiger partial charge in [-0.3, -0.25) is 0 Å². The summed E-state index contributed by atoms with van der Waals surface area (Å²) in [6.07, 6.45) is 0. The van der Waals surface area contributed by atoms with E-state index in [1.165, 1.54) is 30.0 Å². The molecule has 0 radical (unpaired) electrons. The van der Waals surface area contributed by atoms with Crippen LogP contribution in [0.2, 0.25) is 0 Å². The predicted molar refractivity (Wildman–Crippen MR) is 69.6 cm³/mol. The van der Waals surface area contributed by atoms with Gasteiger partial charge in [0.25, 0.3) is 0 Å². The maximum atomic E-state index is 13.4. The van der Waals surface area contributed by atoms with E-state index in [4.69, 9.17) is 0 Å². The normalized spacial score (nSPS) is 10.7. The highest BCUT2D eigenvalue weighted by molar-refractivity contribution is 7.99. The third kappa shape index (κ3) is 3.75. The minimum absolute atomic E-state index is 0.349. The molecule has 0 aliphatic carbocycles. The molecule has 0 saturated heterocycles. The van der Waals surface area contributed by atoms with E-state index < -0.39 is 11.6 Å². The van der Waals surface area contributed by atoms with Gasteiger partial charge in [0.05, 0.1) is 0 Å². The largest absolute Gasteiger partial charge is 0.316 e. The van der Waals surface area contributed by atoms with E-state index >= 15 is 0 Å². The zero-order valence-electron chi connectivity index (χ0n) is 10.2. The second kappa shape index (κ2) is 6.12. The molecular formula is C14H12F3NS. The van der Waals surface area contributed by atoms with Crippen molar-refractivity contribution >= 4 is 11.8 Å². The minimum Gasteiger partial charge on any atom is -0.316 e. The first kappa shape index (κ1) is 14.0. The van der Waals surface area contributed by atoms with Crippen LogP contribution in [-0.4, -0.2) is 7.05 Å². The van der Waals surface area contributed by atoms with Gasteiger partial charge in [-0.15, -0.1) is 0 Å². The van der Waals surface area contributed by atoms with Crippen molar-refractivity contribution in [2.45, 2.75) is 16.3 Å². The van der Waals surface area contributed by atoms with E-state index in [-0.39, 0.29) is 5.82 Å². The fourth-order valence-electron chi connectivity index (χ4n) is 1.66. The van der Waals surface area contributed by atoms with Crippen LogP contribution in [0.1, 0.15) is 5.56 Å². The zero-order chi connectivity index (χ0) is 13.8. The Kier molecular flexibility index (Phi) is 4.50. The van der Waals surface area contributed by atoms with Crippen LogP contribution in [0.3, 0.4) is 0 Å². The van der Waals surface area contributed by atoms with Crippen molar-refractivity contribution in [3.8, 4) is 0 Å². The molecule has 100 valence electrons. The van der Waals surface area contributed by atoms with E-state index in [0.717, 1.165) is 17.7 Å². The van der Waals surface area contributed by atoms with Crippen LogP contribution in [0.4, 0.5) is 13.2 Å². The lowest BCUT2D eigenvalue weighted by Crippen LogP contribution is -2.05. The summed E-state index contributed by atoms with van der Waals surface area (Å²) in [5.41, 5.74) is 0.799. The predicted octanol–water partition coefficient (Wildman–Crippen LogP) is 3.97. The zero-order valence-corrected chi connectivity index (χ0v) is 11.0. The average Bonchev–Trinajstić information content (AvgIpc) is 2.33. The number of benzene rings is 2. The van der Waals surface area contributed by atoms with Crippen molar-refractivity contribution in [3.05, 3.63) is 59.4 Å². The van der Waals surface area contributed by atoms with Gasteiger partial charge < -0.3 is 5.32 Å². The molecule has 0 fully saturated rings. The molecule has 5 heteroatoms. The van der Waals surface area contributed by atoms with Gasteiger partial charge in [0.2, 0.25) is 0 Å². The van der Waals surface area contributed by atoms with Crippen LogP contribution in [-0.2, 0) is 6.54 Å². The van der Waals surface area contributed by atoms with Gasteiger partial charge in [0.1, 0.15) is 5.82 Å². The summed E-state index contributed by atoms with van der Waals surface area (Å²) in [4.78, 5) is 1.18. The van der Waals surface area contributed by atoms with E-state index in [1.807, 2.05) is 6.07 Å². The smallest absolute Gasteiger partial charge is 0.159 e. The SMILES string of the molecule is CNCc1cc(F)cc(Sc2ccc(F)c(F)c2)c1. The Balaban J connectivity index is 2.24. The summed E-state index contributed by atoms with van der Waals surface area (Å²) < 4.78 is 39.3. The number of hydrogen-bond acceptors (Lipinski definition) is 2. The molecule has 2 aromatic rings. The summed E-state index contributed by atoms with van der Waals surface area (Å²) in [5.74, 6) is -2.14. The van der Waals surface area contributed by atoms with Gasteiger partial charge in [-0.05, 0) is 49.0 Å². The van der Waals surface area contributed by atoms with E-state index in [2.05, 4.69) is 5.32 Å². The van der Waals surface area contributed by atoms with E-state index in [9.17, 15) is 13.2 Å². The van der Waals surface area contributed by atoms with Crippen LogP contribution in [0, 0.1) is 17.5 Å². The van der Waals surface area contributed by atoms with Crippen molar-refractivity contribution in [3.63, 3.8) is 0 Å². The first-order valence-corrected chi connectivity index (χ1v) is 6.47. The van der Waals surface area contributed by atoms with Crippen LogP contribution in [0.5, 0.6) is 0 Å². The van der Waals surface area contributed by atoms with Crippen molar-refractivity contribution in [2.24, 2.45) is 0 Å². The standard InChI is InChI=1S/C14H12F3NS/c1-18-8-9-4-10(15)6-12(5-9)19-11-2-3-13(16)14(17)7-11/h2-7,18H,8H2,1H3. The van der Waals surface area contributed by atoms with Crippen molar-refractivity contribution in [2.75, 3.05) is 7.05 Å². The number of hydrogen-bond donors (Lipinski definition) is 1. The van der Waals surface area contributed by atoms with Gasteiger partial charge in [-0.1, -0.05) is 11.8 Å². The highest BCUT2D eigenvalue weighted by Gasteiger charge is 2.06. The fraction of sp³-hybridized carbons (Fsp3) is 0.143. The third-order valence-electron chi connectivity index (χ3n) is 2.44. The number of nitrogens with one attached hydrogen (secondary N) is 1. The average molecular weight is 283 g/mol. The second-order valence-electron chi connectivity index (χ2n) is 4.00. The van der Waals surface area contributed by atoms with Gasteiger partial charge in [0, 0.05) is 16.3 Å². The third-order valence-corrected chi connectivity index (χ3v) is 3.40. The Hall–Kier alpha value is -1.46. The van der Waals surface area contributed by atoms with Crippen LogP contribution >= 0.6 is 11.8 Å². The molecule has 1 nitrogen and oxygen atoms in total. The number of halogens is 3. The maximum absolute atomic E-state index is 13.4. The summed E-state index contributed by atoms with van der Waals surface area (Å²) >= 11 is 1.19. The molecule has 1 N–H and O–H groups in total. The van der Waals surface area contributed by atoms with Gasteiger partial charge in [0.15, 0.2) is 11.6 Å². The van der Waals surface area contributed by atoms with Crippen LogP contribution < -0.4 is 5.32 Å². The Labute approximate surface area is 113 Å². The first-order chi connectivity index (χ1) is 9.08. The van der Waals surface area contributed by atoms with Gasteiger partial charge in [-0.2, -0.15) is 0 Å². The highest BCUT2D eigenvalue weighted by atomic mass is 32.2. The number of rotatable bonds is 4. The Morgan fingerprint density at radius 2 is 1.74 bits per heavy atom. The van der Waals surface area contributed by atoms with Crippen molar-refractivity contribution < 1.29 is 13.2 Å². The molecule has 2 rings (SSSR count). The molecule has 0 saturated carbocycles. The second-order valence-corrected chi connectivity index (χ2v) is 5.15. The molecule has 0 atom stereocenters. The van der Waals surface area contributed by atoms with Crippen LogP contribution in [0.15, 0.2) is 46.2 Å². The Morgan fingerprint density at radius 1 is 0.947 bits per heavy atom. The lowest BCUT2D eigenvalue weighted by atomic mass is 10.2. The lowest BCUT2D eigenvalue weighted by molar-refractivity contribution is 0.506. The first-order valence-electron chi connectivity index (χ1n) is 5.65. The molecular weight excluding hydrogens is 271 g/mol. The minimum atomic E-state index is -0.906. The van der Waals surface area contributed by atoms with Crippen molar-refractivity contribution in [1.82, 2.24) is 5.32 Å². The van der Waals surface area contributed by atoms with Gasteiger partial charge >= 0.3 is 0 Å². The van der Waals surface area contributed by atoms with E-state index in [0.29, 0.717) is 16.3 Å². The molecule has 0 unspecified atom stereocenters. The molecule has 0 aliphatic rings. The molecule has 0 bridgehead atoms. The van der Waals surface area contributed by atoms with Crippen LogP contribution in [0.25, 0.3) is 0 Å². The maximum Gasteiger partial charge on any atom is 0.159 e. The molecule has 0 aromatic heterocycles. The Morgan fingerprint density at radius 3 is 2.42 bits per heavy atom. The molecule has 0 amide bonds. The van der Waals surface area contributed by atoms with E-state index in [1.54, 1.807) is 7.05 Å². The van der Waals surface area contributed by atoms with Gasteiger partial charge in [-0.25, -0.2) is 13.2 Å². The topological polar surface area (TPSA) is 12.0 Å². The molecule has 2 aromatic carbocycles. The molecule has 0 aliphatic heterocycles. The summed E-state index contributed by atoms with van der Waals surface area (Å²) in [6, 6.07) is 8.24. The highest BCUT2D eigenvalue weighted by Crippen LogP contribution is 2.30. The fourth-order valence-corrected chi connectivity index (χ4v) is 2.61. The summed E-state index contributed by atoms with van der Waals surface area (Å²) in [5, 5.41) is 2.93. The van der Waals surface area contributed by atoms with Crippen molar-refractivity contribution in [1.29, 1.82) is 0 Å². The molecule has 0 spiro atoms. The molecule has 0 heterocycles.